The Balaban J connectivity index is 1.53. The van der Waals surface area contributed by atoms with Crippen LogP contribution >= 0.6 is 0 Å². The summed E-state index contributed by atoms with van der Waals surface area (Å²) in [5.41, 5.74) is 0. The number of ether oxygens (including phenoxy) is 1. The molecule has 1 aliphatic heterocycles. The van der Waals surface area contributed by atoms with Gasteiger partial charge in [-0.05, 0) is 50.2 Å². The Kier molecular flexibility index (Phi) is 6.86. The molecule has 10 heteroatoms. The Hall–Kier alpha value is -2.46. The molecule has 9 nitrogen and oxygen atoms in total. The molecule has 1 saturated heterocycles. The number of benzene rings is 1. The lowest BCUT2D eigenvalue weighted by molar-refractivity contribution is 0.0897. The van der Waals surface area contributed by atoms with Crippen LogP contribution in [0, 0.1) is 0 Å². The van der Waals surface area contributed by atoms with Gasteiger partial charge in [-0.1, -0.05) is 12.1 Å². The molecule has 158 valence electrons. The Labute approximate surface area is 170 Å². The quantitative estimate of drug-likeness (QED) is 0.643. The van der Waals surface area contributed by atoms with Crippen LogP contribution in [-0.2, 0) is 16.3 Å². The average molecular weight is 423 g/mol. The van der Waals surface area contributed by atoms with Gasteiger partial charge in [-0.15, -0.1) is 0 Å². The summed E-state index contributed by atoms with van der Waals surface area (Å²) in [6.07, 6.45) is 2.23. The molecule has 2 aromatic rings. The zero-order chi connectivity index (χ0) is 20.9. The number of aromatic nitrogens is 2. The molecule has 1 aromatic carbocycles. The van der Waals surface area contributed by atoms with Crippen molar-refractivity contribution in [2.75, 3.05) is 32.5 Å². The Morgan fingerprint density at radius 1 is 1.34 bits per heavy atom. The first kappa shape index (κ1) is 21.3. The van der Waals surface area contributed by atoms with Gasteiger partial charge in [0.2, 0.25) is 0 Å². The largest absolute Gasteiger partial charge is 0.497 e. The number of carbonyl (C=O) groups is 1. The lowest BCUT2D eigenvalue weighted by atomic mass is 10.2. The van der Waals surface area contributed by atoms with Crippen molar-refractivity contribution >= 4 is 15.7 Å². The van der Waals surface area contributed by atoms with Gasteiger partial charge < -0.3 is 14.6 Å². The molecule has 1 unspecified atom stereocenters. The number of rotatable bonds is 9. The molecule has 1 aromatic heterocycles. The van der Waals surface area contributed by atoms with Crippen LogP contribution in [0.1, 0.15) is 36.3 Å². The van der Waals surface area contributed by atoms with Crippen molar-refractivity contribution < 1.29 is 22.5 Å². The van der Waals surface area contributed by atoms with E-state index in [1.807, 2.05) is 0 Å². The number of amides is 1. The molecular weight excluding hydrogens is 396 g/mol. The van der Waals surface area contributed by atoms with Crippen molar-refractivity contribution in [2.45, 2.75) is 37.1 Å². The summed E-state index contributed by atoms with van der Waals surface area (Å²) in [6, 6.07) is 6.49. The third kappa shape index (κ3) is 5.33. The number of nitrogens with one attached hydrogen (secondary N) is 1. The van der Waals surface area contributed by atoms with E-state index in [-0.39, 0.29) is 28.8 Å². The SMILES string of the molecule is CCN1CCCC1CNC(=O)c1nc(CCS(=O)(=O)c2ccc(OC)cc2)no1. The highest BCUT2D eigenvalue weighted by atomic mass is 32.2. The smallest absolute Gasteiger partial charge is 0.315 e. The van der Waals surface area contributed by atoms with Gasteiger partial charge in [-0.3, -0.25) is 9.69 Å². The molecule has 3 rings (SSSR count). The molecule has 29 heavy (non-hydrogen) atoms. The molecule has 1 aliphatic rings. The summed E-state index contributed by atoms with van der Waals surface area (Å²) >= 11 is 0. The standard InChI is InChI=1S/C19H26N4O5S/c1-3-23-11-4-5-14(23)13-20-18(24)19-21-17(22-28-19)10-12-29(25,26)16-8-6-15(27-2)7-9-16/h6-9,14H,3-5,10-13H2,1-2H3,(H,20,24). The van der Waals surface area contributed by atoms with E-state index in [9.17, 15) is 13.2 Å². The van der Waals surface area contributed by atoms with E-state index in [4.69, 9.17) is 9.26 Å². The molecule has 0 spiro atoms. The minimum Gasteiger partial charge on any atom is -0.497 e. The lowest BCUT2D eigenvalue weighted by Gasteiger charge is -2.22. The highest BCUT2D eigenvalue weighted by molar-refractivity contribution is 7.91. The van der Waals surface area contributed by atoms with Crippen molar-refractivity contribution in [3.05, 3.63) is 36.0 Å². The van der Waals surface area contributed by atoms with E-state index < -0.39 is 15.7 Å². The summed E-state index contributed by atoms with van der Waals surface area (Å²) in [5.74, 6) is -0.0127. The number of hydrogen-bond acceptors (Lipinski definition) is 8. The molecule has 0 aliphatic carbocycles. The van der Waals surface area contributed by atoms with Crippen LogP contribution in [0.5, 0.6) is 5.75 Å². The number of likely N-dealkylation sites (N-methyl/N-ethyl adjacent to an activating group) is 1. The maximum Gasteiger partial charge on any atom is 0.315 e. The van der Waals surface area contributed by atoms with Crippen LogP contribution in [0.25, 0.3) is 0 Å². The molecule has 0 bridgehead atoms. The van der Waals surface area contributed by atoms with Crippen LogP contribution in [0.3, 0.4) is 0 Å². The van der Waals surface area contributed by atoms with Gasteiger partial charge in [0, 0.05) is 19.0 Å². The first-order chi connectivity index (χ1) is 13.9. The molecule has 1 fully saturated rings. The van der Waals surface area contributed by atoms with Crippen molar-refractivity contribution in [3.63, 3.8) is 0 Å². The topological polar surface area (TPSA) is 115 Å². The van der Waals surface area contributed by atoms with Gasteiger partial charge >= 0.3 is 11.8 Å². The second-order valence-electron chi connectivity index (χ2n) is 6.89. The van der Waals surface area contributed by atoms with Crippen molar-refractivity contribution in [1.82, 2.24) is 20.4 Å². The number of nitrogens with zero attached hydrogens (tertiary/aromatic N) is 3. The second-order valence-corrected chi connectivity index (χ2v) is 9.00. The van der Waals surface area contributed by atoms with Crippen molar-refractivity contribution in [1.29, 1.82) is 0 Å². The average Bonchev–Trinajstić information content (AvgIpc) is 3.39. The summed E-state index contributed by atoms with van der Waals surface area (Å²) < 4.78 is 34.9. The number of likely N-dealkylation sites (tertiary alicyclic amines) is 1. The Morgan fingerprint density at radius 2 is 2.10 bits per heavy atom. The molecular formula is C19H26N4O5S. The van der Waals surface area contributed by atoms with Crippen molar-refractivity contribution in [2.24, 2.45) is 0 Å². The summed E-state index contributed by atoms with van der Waals surface area (Å²) in [7, 11) is -1.99. The van der Waals surface area contributed by atoms with Crippen molar-refractivity contribution in [3.8, 4) is 5.75 Å². The molecule has 1 atom stereocenters. The van der Waals surface area contributed by atoms with Gasteiger partial charge in [0.15, 0.2) is 15.7 Å². The molecule has 1 amide bonds. The van der Waals surface area contributed by atoms with E-state index in [0.29, 0.717) is 18.3 Å². The highest BCUT2D eigenvalue weighted by Crippen LogP contribution is 2.18. The molecule has 1 N–H and O–H groups in total. The fourth-order valence-electron chi connectivity index (χ4n) is 3.40. The van der Waals surface area contributed by atoms with Gasteiger partial charge in [0.05, 0.1) is 17.8 Å². The van der Waals surface area contributed by atoms with Crippen LogP contribution in [-0.4, -0.2) is 67.9 Å². The van der Waals surface area contributed by atoms with Gasteiger partial charge in [0.25, 0.3) is 0 Å². The number of hydrogen-bond donors (Lipinski definition) is 1. The van der Waals surface area contributed by atoms with E-state index in [0.717, 1.165) is 25.9 Å². The number of aryl methyl sites for hydroxylation is 1. The molecule has 0 saturated carbocycles. The number of carbonyl (C=O) groups excluding carboxylic acids is 1. The summed E-state index contributed by atoms with van der Waals surface area (Å²) in [6.45, 7) is 4.62. The first-order valence-corrected chi connectivity index (χ1v) is 11.3. The highest BCUT2D eigenvalue weighted by Gasteiger charge is 2.25. The summed E-state index contributed by atoms with van der Waals surface area (Å²) in [4.78, 5) is 18.8. The lowest BCUT2D eigenvalue weighted by Crippen LogP contribution is -2.40. The minimum absolute atomic E-state index is 0.0530. The third-order valence-corrected chi connectivity index (χ3v) is 6.81. The van der Waals surface area contributed by atoms with Crippen LogP contribution in [0.2, 0.25) is 0 Å². The van der Waals surface area contributed by atoms with E-state index in [1.54, 1.807) is 12.1 Å². The Morgan fingerprint density at radius 3 is 2.79 bits per heavy atom. The Bertz CT molecular complexity index is 926. The predicted molar refractivity (Wildman–Crippen MR) is 106 cm³/mol. The second kappa shape index (κ2) is 9.36. The maximum atomic E-state index is 12.4. The van der Waals surface area contributed by atoms with Crippen LogP contribution in [0.4, 0.5) is 0 Å². The fourth-order valence-corrected chi connectivity index (χ4v) is 4.64. The fraction of sp³-hybridized carbons (Fsp3) is 0.526. The van der Waals surface area contributed by atoms with E-state index >= 15 is 0 Å². The van der Waals surface area contributed by atoms with Crippen LogP contribution < -0.4 is 10.1 Å². The minimum atomic E-state index is -3.51. The first-order valence-electron chi connectivity index (χ1n) is 9.64. The summed E-state index contributed by atoms with van der Waals surface area (Å²) in [5, 5.41) is 6.55. The molecule has 0 radical (unpaired) electrons. The number of methoxy groups -OCH3 is 1. The number of sulfone groups is 1. The maximum absolute atomic E-state index is 12.4. The molecule has 2 heterocycles. The van der Waals surface area contributed by atoms with Gasteiger partial charge in [-0.2, -0.15) is 4.98 Å². The zero-order valence-corrected chi connectivity index (χ0v) is 17.4. The predicted octanol–water partition coefficient (Wildman–Crippen LogP) is 1.31. The van der Waals surface area contributed by atoms with Gasteiger partial charge in [0.1, 0.15) is 5.75 Å². The van der Waals surface area contributed by atoms with Crippen LogP contribution in [0.15, 0.2) is 33.7 Å². The monoisotopic (exact) mass is 422 g/mol. The normalized spacial score (nSPS) is 17.4. The third-order valence-electron chi connectivity index (χ3n) is 5.08. The van der Waals surface area contributed by atoms with E-state index in [2.05, 4.69) is 27.3 Å². The van der Waals surface area contributed by atoms with E-state index in [1.165, 1.54) is 19.2 Å². The zero-order valence-electron chi connectivity index (χ0n) is 16.6. The van der Waals surface area contributed by atoms with Gasteiger partial charge in [-0.25, -0.2) is 8.42 Å².